The van der Waals surface area contributed by atoms with Crippen molar-refractivity contribution in [2.45, 2.75) is 18.8 Å². The van der Waals surface area contributed by atoms with E-state index < -0.39 is 6.10 Å². The lowest BCUT2D eigenvalue weighted by atomic mass is 10.1. The third-order valence-corrected chi connectivity index (χ3v) is 3.77. The van der Waals surface area contributed by atoms with Gasteiger partial charge in [0.1, 0.15) is 18.5 Å². The Labute approximate surface area is 128 Å². The van der Waals surface area contributed by atoms with Gasteiger partial charge < -0.3 is 9.84 Å². The van der Waals surface area contributed by atoms with E-state index in [-0.39, 0.29) is 11.9 Å². The predicted molar refractivity (Wildman–Crippen MR) is 77.6 cm³/mol. The molecule has 6 nitrogen and oxygen atoms in total. The highest BCUT2D eigenvalue weighted by Gasteiger charge is 2.23. The Kier molecular flexibility index (Phi) is 4.77. The van der Waals surface area contributed by atoms with E-state index in [0.717, 1.165) is 18.7 Å². The Balaban J connectivity index is 1.54. The monoisotopic (exact) mass is 306 g/mol. The summed E-state index contributed by atoms with van der Waals surface area (Å²) in [6.07, 6.45) is 2.55. The number of hydrogen-bond donors (Lipinski definition) is 1. The molecule has 0 aliphatic carbocycles. The van der Waals surface area contributed by atoms with Crippen molar-refractivity contribution in [3.05, 3.63) is 48.3 Å². The number of rotatable bonds is 5. The van der Waals surface area contributed by atoms with Crippen LogP contribution in [0.2, 0.25) is 0 Å². The van der Waals surface area contributed by atoms with Gasteiger partial charge in [-0.2, -0.15) is 5.10 Å². The summed E-state index contributed by atoms with van der Waals surface area (Å²) in [5, 5.41) is 14.3. The number of benzene rings is 1. The lowest BCUT2D eigenvalue weighted by Crippen LogP contribution is -2.45. The molecule has 1 aliphatic rings. The molecule has 2 aromatic rings. The third kappa shape index (κ3) is 3.88. The predicted octanol–water partition coefficient (Wildman–Crippen LogP) is 0.852. The van der Waals surface area contributed by atoms with Crippen molar-refractivity contribution in [1.29, 1.82) is 0 Å². The summed E-state index contributed by atoms with van der Waals surface area (Å²) in [6, 6.07) is 5.97. The molecule has 0 saturated carbocycles. The van der Waals surface area contributed by atoms with Gasteiger partial charge in [0.15, 0.2) is 0 Å². The number of nitrogens with zero attached hydrogens (tertiary/aromatic N) is 4. The van der Waals surface area contributed by atoms with Gasteiger partial charge in [0.25, 0.3) is 0 Å². The maximum atomic E-state index is 12.9. The van der Waals surface area contributed by atoms with Gasteiger partial charge in [0, 0.05) is 19.6 Å². The number of β-amino-alcohol motifs (C(OH)–C–C–N with tert-alkyl or cyclic N) is 1. The van der Waals surface area contributed by atoms with E-state index in [2.05, 4.69) is 15.0 Å². The van der Waals surface area contributed by atoms with Crippen molar-refractivity contribution >= 4 is 0 Å². The highest BCUT2D eigenvalue weighted by Crippen LogP contribution is 2.17. The summed E-state index contributed by atoms with van der Waals surface area (Å²) in [5.74, 6) is -0.296. The van der Waals surface area contributed by atoms with Crippen molar-refractivity contribution in [1.82, 2.24) is 19.7 Å². The second-order valence-corrected chi connectivity index (χ2v) is 5.44. The maximum absolute atomic E-state index is 12.9. The van der Waals surface area contributed by atoms with Crippen LogP contribution in [0.4, 0.5) is 4.39 Å². The van der Waals surface area contributed by atoms with Crippen molar-refractivity contribution in [2.24, 2.45) is 0 Å². The molecular formula is C15H19FN4O2. The van der Waals surface area contributed by atoms with Crippen LogP contribution in [-0.4, -0.2) is 57.1 Å². The van der Waals surface area contributed by atoms with Crippen LogP contribution >= 0.6 is 0 Å². The molecule has 118 valence electrons. The topological polar surface area (TPSA) is 63.4 Å². The summed E-state index contributed by atoms with van der Waals surface area (Å²) in [6.45, 7) is 3.26. The molecule has 7 heteroatoms. The molecule has 0 amide bonds. The Morgan fingerprint density at radius 1 is 1.36 bits per heavy atom. The highest BCUT2D eigenvalue weighted by atomic mass is 19.1. The molecule has 2 unspecified atom stereocenters. The molecule has 1 fully saturated rings. The van der Waals surface area contributed by atoms with Gasteiger partial charge in [-0.1, -0.05) is 12.1 Å². The zero-order chi connectivity index (χ0) is 15.4. The van der Waals surface area contributed by atoms with Gasteiger partial charge in [-0.25, -0.2) is 9.37 Å². The van der Waals surface area contributed by atoms with Gasteiger partial charge in [-0.05, 0) is 17.7 Å². The summed E-state index contributed by atoms with van der Waals surface area (Å²) in [5.41, 5.74) is 0.723. The minimum Gasteiger partial charge on any atom is -0.387 e. The van der Waals surface area contributed by atoms with Crippen LogP contribution in [0.5, 0.6) is 0 Å². The fraction of sp³-hybridized carbons (Fsp3) is 0.467. The summed E-state index contributed by atoms with van der Waals surface area (Å²) < 4.78 is 20.4. The first-order valence-corrected chi connectivity index (χ1v) is 7.30. The fourth-order valence-corrected chi connectivity index (χ4v) is 2.63. The van der Waals surface area contributed by atoms with Gasteiger partial charge in [0.05, 0.1) is 25.4 Å². The quantitative estimate of drug-likeness (QED) is 0.887. The van der Waals surface area contributed by atoms with Crippen LogP contribution in [-0.2, 0) is 11.3 Å². The van der Waals surface area contributed by atoms with Crippen molar-refractivity contribution in [2.75, 3.05) is 26.2 Å². The van der Waals surface area contributed by atoms with Crippen LogP contribution in [0.25, 0.3) is 0 Å². The van der Waals surface area contributed by atoms with E-state index in [1.165, 1.54) is 18.5 Å². The molecule has 1 aromatic carbocycles. The SMILES string of the molecule is OC(CN1CCOC(Cn2cncn2)C1)c1ccc(F)cc1. The Morgan fingerprint density at radius 2 is 2.18 bits per heavy atom. The van der Waals surface area contributed by atoms with Crippen LogP contribution in [0.3, 0.4) is 0 Å². The molecule has 2 heterocycles. The van der Waals surface area contributed by atoms with Crippen LogP contribution in [0, 0.1) is 5.82 Å². The first kappa shape index (κ1) is 15.1. The Hall–Kier alpha value is -1.83. The number of halogens is 1. The maximum Gasteiger partial charge on any atom is 0.137 e. The van der Waals surface area contributed by atoms with Crippen LogP contribution in [0.1, 0.15) is 11.7 Å². The van der Waals surface area contributed by atoms with E-state index >= 15 is 0 Å². The molecule has 1 N–H and O–H groups in total. The molecule has 22 heavy (non-hydrogen) atoms. The average Bonchev–Trinajstić information content (AvgIpc) is 3.01. The Bertz CT molecular complexity index is 576. The summed E-state index contributed by atoms with van der Waals surface area (Å²) in [4.78, 5) is 6.07. The highest BCUT2D eigenvalue weighted by molar-refractivity contribution is 5.18. The first-order valence-electron chi connectivity index (χ1n) is 7.30. The number of morpholine rings is 1. The van der Waals surface area contributed by atoms with Crippen LogP contribution < -0.4 is 0 Å². The second kappa shape index (κ2) is 6.95. The van der Waals surface area contributed by atoms with Crippen LogP contribution in [0.15, 0.2) is 36.9 Å². The molecule has 1 saturated heterocycles. The normalized spacial score (nSPS) is 20.9. The van der Waals surface area contributed by atoms with E-state index in [1.807, 2.05) is 0 Å². The van der Waals surface area contributed by atoms with Gasteiger partial charge in [-0.3, -0.25) is 9.58 Å². The largest absolute Gasteiger partial charge is 0.387 e. The van der Waals surface area contributed by atoms with E-state index in [1.54, 1.807) is 23.1 Å². The average molecular weight is 306 g/mol. The minimum absolute atomic E-state index is 0.0240. The Morgan fingerprint density at radius 3 is 2.91 bits per heavy atom. The van der Waals surface area contributed by atoms with Gasteiger partial charge in [0.2, 0.25) is 0 Å². The van der Waals surface area contributed by atoms with E-state index in [0.29, 0.717) is 19.7 Å². The number of ether oxygens (including phenoxy) is 1. The zero-order valence-electron chi connectivity index (χ0n) is 12.2. The number of aliphatic hydroxyl groups is 1. The third-order valence-electron chi connectivity index (χ3n) is 3.77. The molecule has 0 spiro atoms. The van der Waals surface area contributed by atoms with E-state index in [4.69, 9.17) is 4.74 Å². The molecule has 0 bridgehead atoms. The van der Waals surface area contributed by atoms with Crippen molar-refractivity contribution in [3.8, 4) is 0 Å². The molecule has 0 radical (unpaired) electrons. The second-order valence-electron chi connectivity index (χ2n) is 5.44. The van der Waals surface area contributed by atoms with Gasteiger partial charge >= 0.3 is 0 Å². The molecular weight excluding hydrogens is 287 g/mol. The molecule has 1 aliphatic heterocycles. The standard InChI is InChI=1S/C15H19FN4O2/c16-13-3-1-12(2-4-13)15(21)9-19-5-6-22-14(7-19)8-20-11-17-10-18-20/h1-4,10-11,14-15,21H,5-9H2. The summed E-state index contributed by atoms with van der Waals surface area (Å²) in [7, 11) is 0. The lowest BCUT2D eigenvalue weighted by molar-refractivity contribution is -0.0487. The number of aromatic nitrogens is 3. The van der Waals surface area contributed by atoms with E-state index in [9.17, 15) is 9.50 Å². The van der Waals surface area contributed by atoms with Crippen molar-refractivity contribution in [3.63, 3.8) is 0 Å². The summed E-state index contributed by atoms with van der Waals surface area (Å²) >= 11 is 0. The minimum atomic E-state index is -0.634. The number of hydrogen-bond acceptors (Lipinski definition) is 5. The molecule has 1 aromatic heterocycles. The smallest absolute Gasteiger partial charge is 0.137 e. The lowest BCUT2D eigenvalue weighted by Gasteiger charge is -2.34. The first-order chi connectivity index (χ1) is 10.7. The fourth-order valence-electron chi connectivity index (χ4n) is 2.63. The number of aliphatic hydroxyl groups excluding tert-OH is 1. The van der Waals surface area contributed by atoms with Crippen molar-refractivity contribution < 1.29 is 14.2 Å². The molecule has 2 atom stereocenters. The molecule has 3 rings (SSSR count). The zero-order valence-corrected chi connectivity index (χ0v) is 12.2. The van der Waals surface area contributed by atoms with Gasteiger partial charge in [-0.15, -0.1) is 0 Å².